The van der Waals surface area contributed by atoms with Crippen LogP contribution in [0.25, 0.3) is 0 Å². The van der Waals surface area contributed by atoms with Gasteiger partial charge in [-0.1, -0.05) is 82.0 Å². The number of hydrogen-bond acceptors (Lipinski definition) is 5. The highest BCUT2D eigenvalue weighted by Gasteiger charge is 2.64. The molecule has 1 saturated heterocycles. The third kappa shape index (κ3) is 4.75. The fourth-order valence-electron chi connectivity index (χ4n) is 5.09. The summed E-state index contributed by atoms with van der Waals surface area (Å²) < 4.78 is 61.8. The van der Waals surface area contributed by atoms with Gasteiger partial charge in [0.05, 0.1) is 22.0 Å². The van der Waals surface area contributed by atoms with Crippen LogP contribution < -0.4 is 0 Å². The van der Waals surface area contributed by atoms with Gasteiger partial charge in [0.2, 0.25) is 0 Å². The summed E-state index contributed by atoms with van der Waals surface area (Å²) in [5, 5.41) is 0. The predicted molar refractivity (Wildman–Crippen MR) is 136 cm³/mol. The molecule has 1 heterocycles. The standard InChI is InChI=1S/C27H36O5S2/c1-4-7-8-11-16-22-21-27(25(5-2)26(6-3)32-22,33(28,29)23-17-12-9-13-18-23)34(30,31)24-19-14-10-15-20-24/h5,9-10,12-15,17-20,22,25-26H,2,4,6-8,11,16,21H2,1,3H3/t22-,25-,26+/m0/s1. The van der Waals surface area contributed by atoms with Gasteiger partial charge in [-0.3, -0.25) is 0 Å². The topological polar surface area (TPSA) is 77.5 Å². The fourth-order valence-corrected chi connectivity index (χ4v) is 10.7. The Morgan fingerprint density at radius 1 is 0.882 bits per heavy atom. The molecule has 3 atom stereocenters. The monoisotopic (exact) mass is 504 g/mol. The van der Waals surface area contributed by atoms with Crippen molar-refractivity contribution in [1.82, 2.24) is 0 Å². The maximum absolute atomic E-state index is 14.4. The maximum Gasteiger partial charge on any atom is 0.199 e. The lowest BCUT2D eigenvalue weighted by Gasteiger charge is -2.48. The van der Waals surface area contributed by atoms with E-state index in [2.05, 4.69) is 13.5 Å². The molecule has 0 bridgehead atoms. The van der Waals surface area contributed by atoms with Crippen molar-refractivity contribution in [1.29, 1.82) is 0 Å². The van der Waals surface area contributed by atoms with Crippen LogP contribution in [0.4, 0.5) is 0 Å². The van der Waals surface area contributed by atoms with Crippen molar-refractivity contribution in [3.63, 3.8) is 0 Å². The highest BCUT2D eigenvalue weighted by atomic mass is 32.3. The zero-order chi connectivity index (χ0) is 24.8. The first-order valence-electron chi connectivity index (χ1n) is 12.1. The largest absolute Gasteiger partial charge is 0.374 e. The van der Waals surface area contributed by atoms with Crippen LogP contribution in [-0.4, -0.2) is 33.1 Å². The highest BCUT2D eigenvalue weighted by molar-refractivity contribution is 8.10. The number of sulfone groups is 2. The molecule has 0 spiro atoms. The maximum atomic E-state index is 14.4. The minimum atomic E-state index is -4.34. The lowest BCUT2D eigenvalue weighted by Crippen LogP contribution is -2.61. The Morgan fingerprint density at radius 2 is 1.41 bits per heavy atom. The van der Waals surface area contributed by atoms with Crippen LogP contribution in [0.3, 0.4) is 0 Å². The van der Waals surface area contributed by atoms with Crippen molar-refractivity contribution in [3.8, 4) is 0 Å². The minimum Gasteiger partial charge on any atom is -0.374 e. The second-order valence-corrected chi connectivity index (χ2v) is 13.6. The average molecular weight is 505 g/mol. The van der Waals surface area contributed by atoms with Gasteiger partial charge in [-0.2, -0.15) is 0 Å². The van der Waals surface area contributed by atoms with Crippen molar-refractivity contribution in [2.45, 2.75) is 84.9 Å². The average Bonchev–Trinajstić information content (AvgIpc) is 2.86. The molecule has 34 heavy (non-hydrogen) atoms. The van der Waals surface area contributed by atoms with E-state index in [1.807, 2.05) is 6.92 Å². The van der Waals surface area contributed by atoms with Crippen molar-refractivity contribution >= 4 is 19.7 Å². The SMILES string of the molecule is C=C[C@H]1[C@@H](CC)O[C@@H](CCCCCC)CC1(S(=O)(=O)c1ccccc1)S(=O)(=O)c1ccccc1. The first kappa shape index (κ1) is 26.6. The summed E-state index contributed by atoms with van der Waals surface area (Å²) in [5.41, 5.74) is 0. The molecule has 2 aromatic carbocycles. The molecule has 0 radical (unpaired) electrons. The van der Waals surface area contributed by atoms with Gasteiger partial charge < -0.3 is 4.74 Å². The quantitative estimate of drug-likeness (QED) is 0.278. The second kappa shape index (κ2) is 11.2. The van der Waals surface area contributed by atoms with Crippen LogP contribution in [0.2, 0.25) is 0 Å². The van der Waals surface area contributed by atoms with Crippen LogP contribution in [0.1, 0.15) is 58.8 Å². The van der Waals surface area contributed by atoms with Crippen LogP contribution in [-0.2, 0) is 24.4 Å². The van der Waals surface area contributed by atoms with E-state index in [9.17, 15) is 16.8 Å². The molecule has 1 aliphatic rings. The first-order chi connectivity index (χ1) is 16.3. The van der Waals surface area contributed by atoms with E-state index >= 15 is 0 Å². The summed E-state index contributed by atoms with van der Waals surface area (Å²) in [7, 11) is -8.68. The summed E-state index contributed by atoms with van der Waals surface area (Å²) in [5.74, 6) is -0.917. The Hall–Kier alpha value is -1.96. The van der Waals surface area contributed by atoms with Crippen molar-refractivity contribution < 1.29 is 21.6 Å². The fraction of sp³-hybridized carbons (Fsp3) is 0.481. The van der Waals surface area contributed by atoms with E-state index in [1.54, 1.807) is 36.4 Å². The predicted octanol–water partition coefficient (Wildman–Crippen LogP) is 5.97. The molecule has 0 amide bonds. The smallest absolute Gasteiger partial charge is 0.199 e. The minimum absolute atomic E-state index is 0.00263. The van der Waals surface area contributed by atoms with Crippen LogP contribution in [0, 0.1) is 5.92 Å². The molecule has 0 unspecified atom stereocenters. The van der Waals surface area contributed by atoms with Gasteiger partial charge in [0.1, 0.15) is 0 Å². The number of unbranched alkanes of at least 4 members (excludes halogenated alkanes) is 3. The Labute approximate surface area is 205 Å². The molecule has 0 N–H and O–H groups in total. The summed E-state index contributed by atoms with van der Waals surface area (Å²) in [6.07, 6.45) is 5.43. The summed E-state index contributed by atoms with van der Waals surface area (Å²) >= 11 is 0. The lowest BCUT2D eigenvalue weighted by molar-refractivity contribution is -0.0802. The van der Waals surface area contributed by atoms with Gasteiger partial charge in [-0.25, -0.2) is 16.8 Å². The van der Waals surface area contributed by atoms with Gasteiger partial charge >= 0.3 is 0 Å². The Bertz CT molecular complexity index is 1070. The van der Waals surface area contributed by atoms with Crippen molar-refractivity contribution in [2.75, 3.05) is 0 Å². The highest BCUT2D eigenvalue weighted by Crippen LogP contribution is 2.51. The molecule has 1 aliphatic heterocycles. The summed E-state index contributed by atoms with van der Waals surface area (Å²) in [6.45, 7) is 7.92. The van der Waals surface area contributed by atoms with Crippen molar-refractivity contribution in [2.24, 2.45) is 5.92 Å². The molecule has 0 saturated carbocycles. The molecule has 1 fully saturated rings. The van der Waals surface area contributed by atoms with Gasteiger partial charge in [-0.05, 0) is 37.1 Å². The summed E-state index contributed by atoms with van der Waals surface area (Å²) in [4.78, 5) is 0.00526. The van der Waals surface area contributed by atoms with Crippen LogP contribution in [0.5, 0.6) is 0 Å². The normalized spacial score (nSPS) is 22.8. The lowest BCUT2D eigenvalue weighted by atomic mass is 9.87. The van der Waals surface area contributed by atoms with Gasteiger partial charge in [0.25, 0.3) is 0 Å². The molecular weight excluding hydrogens is 468 g/mol. The zero-order valence-electron chi connectivity index (χ0n) is 20.1. The van der Waals surface area contributed by atoms with E-state index in [0.717, 1.165) is 25.7 Å². The van der Waals surface area contributed by atoms with Crippen LogP contribution >= 0.6 is 0 Å². The van der Waals surface area contributed by atoms with Crippen LogP contribution in [0.15, 0.2) is 83.1 Å². The molecule has 186 valence electrons. The van der Waals surface area contributed by atoms with E-state index < -0.39 is 41.9 Å². The number of benzene rings is 2. The Kier molecular flexibility index (Phi) is 8.77. The Morgan fingerprint density at radius 3 is 1.85 bits per heavy atom. The molecule has 3 rings (SSSR count). The van der Waals surface area contributed by atoms with E-state index in [1.165, 1.54) is 30.3 Å². The molecule has 0 aliphatic carbocycles. The van der Waals surface area contributed by atoms with E-state index in [-0.39, 0.29) is 16.2 Å². The molecule has 5 nitrogen and oxygen atoms in total. The van der Waals surface area contributed by atoms with Gasteiger partial charge in [0.15, 0.2) is 23.8 Å². The zero-order valence-corrected chi connectivity index (χ0v) is 21.7. The first-order valence-corrected chi connectivity index (χ1v) is 15.1. The third-order valence-electron chi connectivity index (χ3n) is 6.84. The number of hydrogen-bond donors (Lipinski definition) is 0. The van der Waals surface area contributed by atoms with Crippen molar-refractivity contribution in [3.05, 3.63) is 73.3 Å². The number of rotatable bonds is 11. The van der Waals surface area contributed by atoms with Gasteiger partial charge in [0, 0.05) is 12.3 Å². The third-order valence-corrected chi connectivity index (χ3v) is 12.6. The van der Waals surface area contributed by atoms with Gasteiger partial charge in [-0.15, -0.1) is 6.58 Å². The molecule has 2 aromatic rings. The summed E-state index contributed by atoms with van der Waals surface area (Å²) in [6, 6.07) is 15.8. The Balaban J connectivity index is 2.26. The molecule has 7 heteroatoms. The number of ether oxygens (including phenoxy) is 1. The second-order valence-electron chi connectivity index (χ2n) is 8.96. The molecule has 0 aromatic heterocycles. The van der Waals surface area contributed by atoms with E-state index in [4.69, 9.17) is 4.74 Å². The van der Waals surface area contributed by atoms with E-state index in [0.29, 0.717) is 12.8 Å². The molecular formula is C27H36O5S2.